The molecule has 0 radical (unpaired) electrons. The molecule has 0 aromatic rings. The van der Waals surface area contributed by atoms with Crippen molar-refractivity contribution in [3.63, 3.8) is 0 Å². The second-order valence-corrected chi connectivity index (χ2v) is 5.96. The van der Waals surface area contributed by atoms with Crippen molar-refractivity contribution in [1.29, 1.82) is 0 Å². The summed E-state index contributed by atoms with van der Waals surface area (Å²) < 4.78 is 5.04. The number of methoxy groups -OCH3 is 1. The lowest BCUT2D eigenvalue weighted by molar-refractivity contribution is -0.249. The van der Waals surface area contributed by atoms with Crippen LogP contribution in [0.2, 0.25) is 0 Å². The van der Waals surface area contributed by atoms with E-state index in [0.717, 1.165) is 30.6 Å². The molecule has 0 amide bonds. The highest BCUT2D eigenvalue weighted by Crippen LogP contribution is 2.86. The molecule has 4 aliphatic carbocycles. The van der Waals surface area contributed by atoms with Crippen LogP contribution in [0.25, 0.3) is 0 Å². The van der Waals surface area contributed by atoms with Gasteiger partial charge in [0.15, 0.2) is 0 Å². The van der Waals surface area contributed by atoms with E-state index in [2.05, 4.69) is 0 Å². The molecule has 2 heteroatoms. The van der Waals surface area contributed by atoms with Crippen LogP contribution in [0.3, 0.4) is 0 Å². The summed E-state index contributed by atoms with van der Waals surface area (Å²) in [6.07, 6.45) is 6.46. The minimum Gasteiger partial charge on any atom is -0.469 e. The maximum atomic E-state index is 11.9. The van der Waals surface area contributed by atoms with Crippen LogP contribution in [0.1, 0.15) is 32.1 Å². The number of esters is 1. The third-order valence-corrected chi connectivity index (χ3v) is 5.97. The zero-order chi connectivity index (χ0) is 9.55. The summed E-state index contributed by atoms with van der Waals surface area (Å²) in [7, 11) is 1.56. The number of hydrogen-bond acceptors (Lipinski definition) is 2. The molecule has 5 unspecified atom stereocenters. The molecule has 0 aromatic heterocycles. The van der Waals surface area contributed by atoms with Gasteiger partial charge in [-0.3, -0.25) is 4.79 Å². The minimum absolute atomic E-state index is 0.00174. The predicted molar refractivity (Wildman–Crippen MR) is 50.4 cm³/mol. The van der Waals surface area contributed by atoms with Gasteiger partial charge in [0, 0.05) is 0 Å². The molecule has 2 bridgehead atoms. The van der Waals surface area contributed by atoms with Crippen LogP contribution in [0, 0.1) is 28.6 Å². The molecule has 0 saturated heterocycles. The monoisotopic (exact) mass is 192 g/mol. The molecule has 1 spiro atoms. The first-order valence-electron chi connectivity index (χ1n) is 5.81. The van der Waals surface area contributed by atoms with E-state index in [1.165, 1.54) is 19.3 Å². The Balaban J connectivity index is 1.81. The molecule has 4 rings (SSSR count). The van der Waals surface area contributed by atoms with Crippen molar-refractivity contribution in [2.75, 3.05) is 7.11 Å². The molecule has 76 valence electrons. The summed E-state index contributed by atoms with van der Waals surface area (Å²) in [6.45, 7) is 0. The number of rotatable bonds is 1. The van der Waals surface area contributed by atoms with E-state index < -0.39 is 0 Å². The Morgan fingerprint density at radius 3 is 2.71 bits per heavy atom. The third kappa shape index (κ3) is 0.475. The van der Waals surface area contributed by atoms with Crippen molar-refractivity contribution in [3.8, 4) is 0 Å². The number of hydrogen-bond donors (Lipinski definition) is 0. The van der Waals surface area contributed by atoms with E-state index in [9.17, 15) is 4.79 Å². The second kappa shape index (κ2) is 1.89. The van der Waals surface area contributed by atoms with Crippen molar-refractivity contribution in [2.45, 2.75) is 32.1 Å². The van der Waals surface area contributed by atoms with Crippen molar-refractivity contribution in [1.82, 2.24) is 0 Å². The molecule has 14 heavy (non-hydrogen) atoms. The Hall–Kier alpha value is -0.530. The zero-order valence-electron chi connectivity index (χ0n) is 8.58. The van der Waals surface area contributed by atoms with Crippen molar-refractivity contribution >= 4 is 5.97 Å². The molecular weight excluding hydrogens is 176 g/mol. The van der Waals surface area contributed by atoms with Crippen LogP contribution >= 0.6 is 0 Å². The lowest BCUT2D eigenvalue weighted by Crippen LogP contribution is -2.69. The minimum atomic E-state index is -0.00174. The highest BCUT2D eigenvalue weighted by Gasteiger charge is 2.83. The molecule has 0 N–H and O–H groups in total. The zero-order valence-corrected chi connectivity index (χ0v) is 8.58. The molecule has 0 aliphatic heterocycles. The molecule has 4 aliphatic rings. The lowest BCUT2D eigenvalue weighted by Gasteiger charge is -2.71. The first-order chi connectivity index (χ1) is 6.73. The van der Waals surface area contributed by atoms with Crippen LogP contribution in [0.15, 0.2) is 0 Å². The fourth-order valence-electron chi connectivity index (χ4n) is 5.74. The van der Waals surface area contributed by atoms with Gasteiger partial charge in [-0.25, -0.2) is 0 Å². The smallest absolute Gasteiger partial charge is 0.312 e. The van der Waals surface area contributed by atoms with Gasteiger partial charge < -0.3 is 4.74 Å². The van der Waals surface area contributed by atoms with Gasteiger partial charge in [-0.05, 0) is 55.3 Å². The topological polar surface area (TPSA) is 26.3 Å². The van der Waals surface area contributed by atoms with Gasteiger partial charge in [0.1, 0.15) is 0 Å². The molecule has 0 aromatic carbocycles. The Kier molecular flexibility index (Phi) is 1.04. The van der Waals surface area contributed by atoms with Crippen LogP contribution in [0.5, 0.6) is 0 Å². The average molecular weight is 192 g/mol. The first-order valence-corrected chi connectivity index (χ1v) is 5.81. The van der Waals surface area contributed by atoms with Gasteiger partial charge in [0.05, 0.1) is 12.5 Å². The fourth-order valence-corrected chi connectivity index (χ4v) is 5.74. The van der Waals surface area contributed by atoms with Gasteiger partial charge >= 0.3 is 5.97 Å². The summed E-state index contributed by atoms with van der Waals surface area (Å²) >= 11 is 0. The Bertz CT molecular complexity index is 337. The van der Waals surface area contributed by atoms with Crippen molar-refractivity contribution in [2.24, 2.45) is 28.6 Å². The molecule has 0 heterocycles. The van der Waals surface area contributed by atoms with Gasteiger partial charge in [-0.1, -0.05) is 0 Å². The van der Waals surface area contributed by atoms with Crippen LogP contribution in [0.4, 0.5) is 0 Å². The number of carbonyl (C=O) groups excluding carboxylic acids is 1. The standard InChI is InChI=1S/C12H16O2/c1-14-10(13)11-4-7-2-8-3-9(6-11)12(8,11)5-7/h7-9H,2-6H2,1H3. The molecule has 4 fully saturated rings. The Morgan fingerprint density at radius 2 is 2.07 bits per heavy atom. The maximum Gasteiger partial charge on any atom is 0.312 e. The van der Waals surface area contributed by atoms with E-state index in [1.807, 2.05) is 0 Å². The van der Waals surface area contributed by atoms with E-state index in [0.29, 0.717) is 5.41 Å². The highest BCUT2D eigenvalue weighted by molar-refractivity contribution is 5.81. The second-order valence-electron chi connectivity index (χ2n) is 5.96. The third-order valence-electron chi connectivity index (χ3n) is 5.97. The van der Waals surface area contributed by atoms with Crippen molar-refractivity contribution < 1.29 is 9.53 Å². The fraction of sp³-hybridized carbons (Fsp3) is 0.917. The number of fused-ring (bicyclic) bond motifs is 1. The number of carbonyl (C=O) groups is 1. The van der Waals surface area contributed by atoms with E-state index in [-0.39, 0.29) is 11.4 Å². The summed E-state index contributed by atoms with van der Waals surface area (Å²) in [4.78, 5) is 11.9. The van der Waals surface area contributed by atoms with Gasteiger partial charge in [0.25, 0.3) is 0 Å². The Labute approximate surface area is 84.0 Å². The van der Waals surface area contributed by atoms with E-state index >= 15 is 0 Å². The quantitative estimate of drug-likeness (QED) is 0.594. The normalized spacial score (nSPS) is 61.4. The number of ether oxygens (including phenoxy) is 1. The van der Waals surface area contributed by atoms with Crippen LogP contribution < -0.4 is 0 Å². The molecular formula is C12H16O2. The maximum absolute atomic E-state index is 11.9. The lowest BCUT2D eigenvalue weighted by atomic mass is 9.32. The van der Waals surface area contributed by atoms with Gasteiger partial charge in [-0.15, -0.1) is 0 Å². The summed E-state index contributed by atoms with van der Waals surface area (Å²) in [5, 5.41) is 0. The van der Waals surface area contributed by atoms with Crippen molar-refractivity contribution in [3.05, 3.63) is 0 Å². The first kappa shape index (κ1) is 7.72. The molecule has 5 atom stereocenters. The van der Waals surface area contributed by atoms with Gasteiger partial charge in [-0.2, -0.15) is 0 Å². The summed E-state index contributed by atoms with van der Waals surface area (Å²) in [5.74, 6) is 2.74. The van der Waals surface area contributed by atoms with Crippen LogP contribution in [-0.4, -0.2) is 13.1 Å². The average Bonchev–Trinajstić information content (AvgIpc) is 2.63. The summed E-state index contributed by atoms with van der Waals surface area (Å²) in [6, 6.07) is 0. The van der Waals surface area contributed by atoms with E-state index in [4.69, 9.17) is 4.74 Å². The Morgan fingerprint density at radius 1 is 1.21 bits per heavy atom. The van der Waals surface area contributed by atoms with Gasteiger partial charge in [0.2, 0.25) is 0 Å². The molecule has 4 saturated carbocycles. The highest BCUT2D eigenvalue weighted by atomic mass is 16.5. The van der Waals surface area contributed by atoms with E-state index in [1.54, 1.807) is 7.11 Å². The largest absolute Gasteiger partial charge is 0.469 e. The summed E-state index contributed by atoms with van der Waals surface area (Å²) in [5.41, 5.74) is 0.447. The SMILES string of the molecule is COC(=O)C12CC3CC4CC(C1)C42C3. The molecule has 2 nitrogen and oxygen atoms in total. The predicted octanol–water partition coefficient (Wildman–Crippen LogP) is 1.99. The van der Waals surface area contributed by atoms with Crippen LogP contribution in [-0.2, 0) is 9.53 Å².